The number of ether oxygens (including phenoxy) is 1. The lowest BCUT2D eigenvalue weighted by Crippen LogP contribution is -2.18. The van der Waals surface area contributed by atoms with E-state index in [1.165, 1.54) is 0 Å². The molecule has 0 aliphatic carbocycles. The van der Waals surface area contributed by atoms with Crippen molar-refractivity contribution in [2.45, 2.75) is 32.0 Å². The number of hydrogen-bond acceptors (Lipinski definition) is 4. The maximum atomic E-state index is 5.40. The lowest BCUT2D eigenvalue weighted by molar-refractivity contribution is 0.117. The van der Waals surface area contributed by atoms with Crippen molar-refractivity contribution in [2.75, 3.05) is 13.7 Å². The van der Waals surface area contributed by atoms with Crippen LogP contribution in [-0.4, -0.2) is 34.3 Å². The normalized spacial score (nSPS) is 23.9. The van der Waals surface area contributed by atoms with Gasteiger partial charge in [-0.05, 0) is 25.5 Å². The number of hydrogen-bond donors (Lipinski definition) is 1. The minimum atomic E-state index is 0.268. The highest BCUT2D eigenvalue weighted by Crippen LogP contribution is 2.26. The number of rotatable bonds is 3. The molecule has 3 rings (SSSR count). The molecule has 0 aromatic carbocycles. The molecule has 0 amide bonds. The van der Waals surface area contributed by atoms with E-state index in [0.29, 0.717) is 0 Å². The molecule has 0 radical (unpaired) electrons. The van der Waals surface area contributed by atoms with E-state index >= 15 is 0 Å². The molecule has 5 heteroatoms. The first-order valence-corrected chi connectivity index (χ1v) is 6.40. The van der Waals surface area contributed by atoms with E-state index in [1.54, 1.807) is 7.11 Å². The van der Waals surface area contributed by atoms with Crippen LogP contribution in [0.25, 0.3) is 11.2 Å². The maximum absolute atomic E-state index is 5.40. The second-order valence-electron chi connectivity index (χ2n) is 4.61. The molecule has 2 aromatic heterocycles. The highest BCUT2D eigenvalue weighted by atomic mass is 16.5. The Morgan fingerprint density at radius 2 is 2.44 bits per heavy atom. The Bertz CT molecular complexity index is 551. The lowest BCUT2D eigenvalue weighted by atomic mass is 10.2. The van der Waals surface area contributed by atoms with Gasteiger partial charge in [-0.1, -0.05) is 0 Å². The molecular weight excluding hydrogens is 228 g/mol. The van der Waals surface area contributed by atoms with Crippen LogP contribution >= 0.6 is 0 Å². The van der Waals surface area contributed by atoms with Crippen LogP contribution in [0.5, 0.6) is 0 Å². The first kappa shape index (κ1) is 11.6. The number of nitrogens with zero attached hydrogens (tertiary/aromatic N) is 3. The minimum absolute atomic E-state index is 0.268. The van der Waals surface area contributed by atoms with Crippen molar-refractivity contribution in [2.24, 2.45) is 0 Å². The molecule has 96 valence electrons. The minimum Gasteiger partial charge on any atom is -0.380 e. The van der Waals surface area contributed by atoms with E-state index in [9.17, 15) is 0 Å². The summed E-state index contributed by atoms with van der Waals surface area (Å²) in [6.07, 6.45) is 3.08. The van der Waals surface area contributed by atoms with Gasteiger partial charge in [0.1, 0.15) is 11.3 Å². The zero-order valence-electron chi connectivity index (χ0n) is 10.8. The number of methoxy groups -OCH3 is 1. The predicted octanol–water partition coefficient (Wildman–Crippen LogP) is 1.50. The summed E-state index contributed by atoms with van der Waals surface area (Å²) in [4.78, 5) is 9.14. The van der Waals surface area contributed by atoms with E-state index in [4.69, 9.17) is 9.72 Å². The van der Waals surface area contributed by atoms with Gasteiger partial charge in [0.05, 0.1) is 12.1 Å². The second kappa shape index (κ2) is 4.66. The number of pyridine rings is 1. The molecule has 2 aromatic rings. The molecule has 18 heavy (non-hydrogen) atoms. The van der Waals surface area contributed by atoms with Crippen LogP contribution in [0, 0.1) is 0 Å². The molecule has 1 N–H and O–H groups in total. The Morgan fingerprint density at radius 1 is 1.56 bits per heavy atom. The Balaban J connectivity index is 2.01. The third-order valence-electron chi connectivity index (χ3n) is 3.59. The molecular formula is C13H18N4O. The fourth-order valence-electron chi connectivity index (χ4n) is 2.63. The highest BCUT2D eigenvalue weighted by molar-refractivity contribution is 5.71. The van der Waals surface area contributed by atoms with Gasteiger partial charge in [-0.25, -0.2) is 9.97 Å². The molecule has 1 aliphatic heterocycles. The van der Waals surface area contributed by atoms with Crippen LogP contribution in [-0.2, 0) is 11.3 Å². The van der Waals surface area contributed by atoms with Crippen molar-refractivity contribution >= 4 is 11.2 Å². The summed E-state index contributed by atoms with van der Waals surface area (Å²) in [7, 11) is 1.76. The van der Waals surface area contributed by atoms with Crippen LogP contribution in [0.2, 0.25) is 0 Å². The van der Waals surface area contributed by atoms with Gasteiger partial charge >= 0.3 is 0 Å². The molecule has 2 unspecified atom stereocenters. The second-order valence-corrected chi connectivity index (χ2v) is 4.61. The van der Waals surface area contributed by atoms with Crippen molar-refractivity contribution in [3.63, 3.8) is 0 Å². The first-order chi connectivity index (χ1) is 8.83. The Hall–Kier alpha value is -1.46. The van der Waals surface area contributed by atoms with Gasteiger partial charge in [0.15, 0.2) is 5.65 Å². The summed E-state index contributed by atoms with van der Waals surface area (Å²) in [6.45, 7) is 3.91. The average molecular weight is 246 g/mol. The van der Waals surface area contributed by atoms with E-state index in [-0.39, 0.29) is 12.1 Å². The number of aryl methyl sites for hydroxylation is 1. The van der Waals surface area contributed by atoms with Crippen LogP contribution in [0.3, 0.4) is 0 Å². The molecule has 3 heterocycles. The van der Waals surface area contributed by atoms with Crippen molar-refractivity contribution in [3.8, 4) is 0 Å². The Labute approximate surface area is 106 Å². The first-order valence-electron chi connectivity index (χ1n) is 6.40. The Kier molecular flexibility index (Phi) is 3.01. The molecule has 0 spiro atoms. The number of fused-ring (bicyclic) bond motifs is 1. The summed E-state index contributed by atoms with van der Waals surface area (Å²) in [6, 6.07) is 4.21. The summed E-state index contributed by atoms with van der Waals surface area (Å²) >= 11 is 0. The van der Waals surface area contributed by atoms with Gasteiger partial charge < -0.3 is 14.6 Å². The van der Waals surface area contributed by atoms with Gasteiger partial charge in [-0.2, -0.15) is 0 Å². The zero-order chi connectivity index (χ0) is 12.5. The van der Waals surface area contributed by atoms with Gasteiger partial charge in [0.25, 0.3) is 0 Å². The fraction of sp³-hybridized carbons (Fsp3) is 0.538. The molecule has 1 fully saturated rings. The smallest absolute Gasteiger partial charge is 0.160 e. The molecule has 1 saturated heterocycles. The van der Waals surface area contributed by atoms with Crippen LogP contribution in [0.15, 0.2) is 18.3 Å². The summed E-state index contributed by atoms with van der Waals surface area (Å²) in [5, 5.41) is 3.47. The van der Waals surface area contributed by atoms with E-state index in [0.717, 1.165) is 36.5 Å². The van der Waals surface area contributed by atoms with E-state index < -0.39 is 0 Å². The van der Waals surface area contributed by atoms with Crippen molar-refractivity contribution in [1.29, 1.82) is 0 Å². The van der Waals surface area contributed by atoms with Crippen LogP contribution < -0.4 is 5.32 Å². The van der Waals surface area contributed by atoms with E-state index in [2.05, 4.69) is 21.8 Å². The molecule has 0 bridgehead atoms. The molecule has 5 nitrogen and oxygen atoms in total. The summed E-state index contributed by atoms with van der Waals surface area (Å²) in [5.41, 5.74) is 1.94. The topological polar surface area (TPSA) is 52.0 Å². The summed E-state index contributed by atoms with van der Waals surface area (Å²) < 4.78 is 7.58. The van der Waals surface area contributed by atoms with Crippen LogP contribution in [0.1, 0.15) is 25.2 Å². The maximum Gasteiger partial charge on any atom is 0.160 e. The predicted molar refractivity (Wildman–Crippen MR) is 69.4 cm³/mol. The van der Waals surface area contributed by atoms with Crippen molar-refractivity contribution in [3.05, 3.63) is 24.2 Å². The standard InChI is InChI=1S/C13H18N4O/c1-3-17-12-10(5-4-6-14-12)16-13(17)11-7-9(18-2)8-15-11/h4-6,9,11,15H,3,7-8H2,1-2H3. The van der Waals surface area contributed by atoms with Crippen LogP contribution in [0.4, 0.5) is 0 Å². The number of aromatic nitrogens is 3. The molecule has 2 atom stereocenters. The fourth-order valence-corrected chi connectivity index (χ4v) is 2.63. The molecule has 1 aliphatic rings. The van der Waals surface area contributed by atoms with E-state index in [1.807, 2.05) is 18.3 Å². The quantitative estimate of drug-likeness (QED) is 0.891. The summed E-state index contributed by atoms with van der Waals surface area (Å²) in [5.74, 6) is 1.07. The zero-order valence-corrected chi connectivity index (χ0v) is 10.8. The average Bonchev–Trinajstić information content (AvgIpc) is 3.02. The third kappa shape index (κ3) is 1.79. The molecule has 0 saturated carbocycles. The lowest BCUT2D eigenvalue weighted by Gasteiger charge is -2.11. The van der Waals surface area contributed by atoms with Gasteiger partial charge in [0.2, 0.25) is 0 Å². The van der Waals surface area contributed by atoms with Gasteiger partial charge in [-0.15, -0.1) is 0 Å². The number of nitrogens with one attached hydrogen (secondary N) is 1. The SMILES string of the molecule is CCn1c(C2CC(OC)CN2)nc2cccnc21. The third-order valence-corrected chi connectivity index (χ3v) is 3.59. The van der Waals surface area contributed by atoms with Crippen molar-refractivity contribution < 1.29 is 4.74 Å². The number of imidazole rings is 1. The monoisotopic (exact) mass is 246 g/mol. The highest BCUT2D eigenvalue weighted by Gasteiger charge is 2.29. The largest absolute Gasteiger partial charge is 0.380 e. The van der Waals surface area contributed by atoms with Gasteiger partial charge in [-0.3, -0.25) is 0 Å². The van der Waals surface area contributed by atoms with Gasteiger partial charge in [0, 0.05) is 26.4 Å². The Morgan fingerprint density at radius 3 is 3.17 bits per heavy atom. The van der Waals surface area contributed by atoms with Crippen molar-refractivity contribution in [1.82, 2.24) is 19.9 Å².